The molecule has 3 heteroatoms. The Morgan fingerprint density at radius 3 is 2.86 bits per heavy atom. The van der Waals surface area contributed by atoms with Gasteiger partial charge in [0.25, 0.3) is 0 Å². The predicted octanol–water partition coefficient (Wildman–Crippen LogP) is 0.0510. The first-order valence-electron chi connectivity index (χ1n) is 5.97. The van der Waals surface area contributed by atoms with E-state index in [1.807, 2.05) is 0 Å². The van der Waals surface area contributed by atoms with Crippen molar-refractivity contribution in [2.45, 2.75) is 31.4 Å². The van der Waals surface area contributed by atoms with Crippen molar-refractivity contribution in [3.8, 4) is 0 Å². The van der Waals surface area contributed by atoms with Crippen molar-refractivity contribution >= 4 is 0 Å². The van der Waals surface area contributed by atoms with Crippen molar-refractivity contribution < 1.29 is 5.11 Å². The van der Waals surface area contributed by atoms with Gasteiger partial charge < -0.3 is 10.4 Å². The molecule has 14 heavy (non-hydrogen) atoms. The molecule has 2 N–H and O–H groups in total. The Hall–Kier alpha value is -0.120. The van der Waals surface area contributed by atoms with Gasteiger partial charge in [-0.2, -0.15) is 0 Å². The molecule has 0 unspecified atom stereocenters. The average molecular weight is 196 g/mol. The molecular weight excluding hydrogens is 176 g/mol. The minimum absolute atomic E-state index is 0.0524. The number of nitrogens with one attached hydrogen (secondary N) is 1. The summed E-state index contributed by atoms with van der Waals surface area (Å²) in [6, 6.07) is 0.771. The van der Waals surface area contributed by atoms with E-state index >= 15 is 0 Å². The van der Waals surface area contributed by atoms with Crippen LogP contribution in [0.2, 0.25) is 0 Å². The first kappa shape index (κ1) is 9.13. The van der Waals surface area contributed by atoms with Gasteiger partial charge in [0.05, 0.1) is 6.10 Å². The Kier molecular flexibility index (Phi) is 2.26. The highest BCUT2D eigenvalue weighted by molar-refractivity contribution is 4.98. The zero-order valence-electron chi connectivity index (χ0n) is 8.65. The van der Waals surface area contributed by atoms with Crippen LogP contribution in [0, 0.1) is 11.8 Å². The second-order valence-electron chi connectivity index (χ2n) is 5.16. The maximum atomic E-state index is 9.54. The van der Waals surface area contributed by atoms with Crippen molar-refractivity contribution in [2.24, 2.45) is 11.8 Å². The molecule has 80 valence electrons. The molecule has 1 saturated carbocycles. The summed E-state index contributed by atoms with van der Waals surface area (Å²) < 4.78 is 0. The Balaban J connectivity index is 1.67. The van der Waals surface area contributed by atoms with Gasteiger partial charge in [0, 0.05) is 19.1 Å². The lowest BCUT2D eigenvalue weighted by Crippen LogP contribution is -2.38. The summed E-state index contributed by atoms with van der Waals surface area (Å²) in [5, 5.41) is 13.0. The van der Waals surface area contributed by atoms with E-state index in [0.717, 1.165) is 37.4 Å². The van der Waals surface area contributed by atoms with Gasteiger partial charge in [-0.15, -0.1) is 0 Å². The average Bonchev–Trinajstić information content (AvgIpc) is 2.77. The van der Waals surface area contributed by atoms with E-state index in [1.165, 1.54) is 25.9 Å². The zero-order chi connectivity index (χ0) is 9.54. The molecule has 0 aromatic carbocycles. The quantitative estimate of drug-likeness (QED) is 0.622. The number of likely N-dealkylation sites (tertiary alicyclic amines) is 1. The van der Waals surface area contributed by atoms with Crippen LogP contribution in [-0.2, 0) is 0 Å². The van der Waals surface area contributed by atoms with Crippen molar-refractivity contribution in [3.63, 3.8) is 0 Å². The van der Waals surface area contributed by atoms with Crippen LogP contribution >= 0.6 is 0 Å². The Morgan fingerprint density at radius 2 is 2.07 bits per heavy atom. The fourth-order valence-corrected chi connectivity index (χ4v) is 3.64. The summed E-state index contributed by atoms with van der Waals surface area (Å²) in [4.78, 5) is 2.53. The third-order valence-corrected chi connectivity index (χ3v) is 4.38. The summed E-state index contributed by atoms with van der Waals surface area (Å²) in [5.41, 5.74) is 0. The lowest BCUT2D eigenvalue weighted by Gasteiger charge is -2.28. The van der Waals surface area contributed by atoms with Gasteiger partial charge in [-0.1, -0.05) is 0 Å². The van der Waals surface area contributed by atoms with Gasteiger partial charge in [-0.05, 0) is 44.2 Å². The maximum absolute atomic E-state index is 9.54. The lowest BCUT2D eigenvalue weighted by molar-refractivity contribution is 0.143. The number of β-amino-alcohol motifs (C(OH)–C–C–N with tert-alkyl or cyclic N) is 1. The Morgan fingerprint density at radius 1 is 1.14 bits per heavy atom. The molecule has 2 aliphatic heterocycles. The third-order valence-electron chi connectivity index (χ3n) is 4.38. The van der Waals surface area contributed by atoms with Crippen LogP contribution in [0.25, 0.3) is 0 Å². The topological polar surface area (TPSA) is 35.5 Å². The largest absolute Gasteiger partial charge is 0.392 e. The van der Waals surface area contributed by atoms with Crippen molar-refractivity contribution in [1.82, 2.24) is 10.2 Å². The van der Waals surface area contributed by atoms with Gasteiger partial charge in [0.1, 0.15) is 0 Å². The van der Waals surface area contributed by atoms with Crippen LogP contribution in [0.5, 0.6) is 0 Å². The fourth-order valence-electron chi connectivity index (χ4n) is 3.64. The first-order valence-corrected chi connectivity index (χ1v) is 5.97. The molecule has 3 aliphatic rings. The first-order chi connectivity index (χ1) is 6.84. The van der Waals surface area contributed by atoms with Crippen LogP contribution in [0.4, 0.5) is 0 Å². The molecule has 0 aromatic rings. The number of fused-ring (bicyclic) bond motifs is 1. The summed E-state index contributed by atoms with van der Waals surface area (Å²) in [6.07, 6.45) is 3.70. The molecule has 3 fully saturated rings. The van der Waals surface area contributed by atoms with Gasteiger partial charge in [-0.3, -0.25) is 4.90 Å². The second kappa shape index (κ2) is 3.47. The van der Waals surface area contributed by atoms with E-state index in [1.54, 1.807) is 0 Å². The van der Waals surface area contributed by atoms with E-state index in [2.05, 4.69) is 10.2 Å². The zero-order valence-corrected chi connectivity index (χ0v) is 8.65. The number of nitrogens with zero attached hydrogens (tertiary/aromatic N) is 1. The lowest BCUT2D eigenvalue weighted by atomic mass is 9.97. The smallest absolute Gasteiger partial charge is 0.0679 e. The molecule has 3 rings (SSSR count). The highest BCUT2D eigenvalue weighted by Crippen LogP contribution is 2.38. The van der Waals surface area contributed by atoms with Crippen molar-refractivity contribution in [1.29, 1.82) is 0 Å². The number of hydrogen-bond donors (Lipinski definition) is 2. The highest BCUT2D eigenvalue weighted by atomic mass is 16.3. The standard InChI is InChI=1S/C11H20N2O/c14-9-3-4-13(7-9)11-2-1-8-5-12-6-10(8)11/h8-12,14H,1-7H2/t8-,9+,10-,11+/m0/s1. The van der Waals surface area contributed by atoms with Crippen molar-refractivity contribution in [2.75, 3.05) is 26.2 Å². The number of rotatable bonds is 1. The minimum atomic E-state index is -0.0524. The highest BCUT2D eigenvalue weighted by Gasteiger charge is 2.43. The number of aliphatic hydroxyl groups excluding tert-OH is 1. The number of hydrogen-bond acceptors (Lipinski definition) is 3. The van der Waals surface area contributed by atoms with Crippen LogP contribution in [0.3, 0.4) is 0 Å². The molecule has 0 aromatic heterocycles. The van der Waals surface area contributed by atoms with Gasteiger partial charge in [-0.25, -0.2) is 0 Å². The molecule has 0 amide bonds. The molecule has 0 spiro atoms. The second-order valence-corrected chi connectivity index (χ2v) is 5.16. The SMILES string of the molecule is O[C@@H]1CCN([C@@H]2CC[C@H]3CNC[C@@H]32)C1. The number of aliphatic hydroxyl groups is 1. The summed E-state index contributed by atoms with van der Waals surface area (Å²) in [6.45, 7) is 4.49. The Bertz CT molecular complexity index is 221. The fraction of sp³-hybridized carbons (Fsp3) is 1.00. The molecule has 1 aliphatic carbocycles. The van der Waals surface area contributed by atoms with E-state index in [9.17, 15) is 5.11 Å². The van der Waals surface area contributed by atoms with Crippen LogP contribution in [-0.4, -0.2) is 48.3 Å². The molecule has 3 nitrogen and oxygen atoms in total. The van der Waals surface area contributed by atoms with Gasteiger partial charge >= 0.3 is 0 Å². The molecule has 4 atom stereocenters. The Labute approximate surface area is 85.5 Å². The third kappa shape index (κ3) is 1.38. The monoisotopic (exact) mass is 196 g/mol. The molecular formula is C11H20N2O. The van der Waals surface area contributed by atoms with E-state index in [0.29, 0.717) is 0 Å². The molecule has 0 radical (unpaired) electrons. The van der Waals surface area contributed by atoms with Crippen LogP contribution in [0.1, 0.15) is 19.3 Å². The molecule has 2 heterocycles. The minimum Gasteiger partial charge on any atom is -0.392 e. The van der Waals surface area contributed by atoms with E-state index in [-0.39, 0.29) is 6.10 Å². The molecule has 2 saturated heterocycles. The normalized spacial score (nSPS) is 48.6. The van der Waals surface area contributed by atoms with Gasteiger partial charge in [0.2, 0.25) is 0 Å². The van der Waals surface area contributed by atoms with Gasteiger partial charge in [0.15, 0.2) is 0 Å². The summed E-state index contributed by atoms with van der Waals surface area (Å²) >= 11 is 0. The molecule has 0 bridgehead atoms. The predicted molar refractivity (Wildman–Crippen MR) is 55.1 cm³/mol. The summed E-state index contributed by atoms with van der Waals surface area (Å²) in [5.74, 6) is 1.80. The van der Waals surface area contributed by atoms with E-state index < -0.39 is 0 Å². The van der Waals surface area contributed by atoms with Crippen LogP contribution < -0.4 is 5.32 Å². The van der Waals surface area contributed by atoms with Crippen LogP contribution in [0.15, 0.2) is 0 Å². The maximum Gasteiger partial charge on any atom is 0.0679 e. The van der Waals surface area contributed by atoms with Crippen molar-refractivity contribution in [3.05, 3.63) is 0 Å². The summed E-state index contributed by atoms with van der Waals surface area (Å²) in [7, 11) is 0. The van der Waals surface area contributed by atoms with E-state index in [4.69, 9.17) is 0 Å².